The normalized spacial score (nSPS) is 10.9. The van der Waals surface area contributed by atoms with Gasteiger partial charge in [-0.2, -0.15) is 0 Å². The summed E-state index contributed by atoms with van der Waals surface area (Å²) < 4.78 is 0. The fraction of sp³-hybridized carbons (Fsp3) is 0. The topological polar surface area (TPSA) is 90.6 Å². The van der Waals surface area contributed by atoms with Gasteiger partial charge in [0.1, 0.15) is 10.7 Å². The van der Waals surface area contributed by atoms with Crippen molar-refractivity contribution in [2.24, 2.45) is 0 Å². The van der Waals surface area contributed by atoms with Crippen molar-refractivity contribution in [2.45, 2.75) is 0 Å². The highest BCUT2D eigenvalue weighted by Gasteiger charge is 2.13. The van der Waals surface area contributed by atoms with E-state index in [1.165, 1.54) is 11.3 Å². The van der Waals surface area contributed by atoms with Crippen LogP contribution < -0.4 is 11.0 Å². The smallest absolute Gasteiger partial charge is 0.321 e. The molecule has 6 nitrogen and oxygen atoms in total. The zero-order chi connectivity index (χ0) is 17.4. The van der Waals surface area contributed by atoms with Gasteiger partial charge in [0.05, 0.1) is 11.0 Å². The first-order valence-corrected chi connectivity index (χ1v) is 8.59. The number of aromatic nitrogens is 3. The standard InChI is InChI=1S/C17H11ClN4O2S/c18-10-3-1-2-9(6-10)16-20-14(8-25-16)15(23)19-11-4-5-12-13(7-11)22-17(24)21-12/h1-8H,(H,19,23)(H2,21,22,24). The zero-order valence-electron chi connectivity index (χ0n) is 12.7. The molecule has 25 heavy (non-hydrogen) atoms. The van der Waals surface area contributed by atoms with Gasteiger partial charge in [-0.3, -0.25) is 4.79 Å². The van der Waals surface area contributed by atoms with Crippen LogP contribution >= 0.6 is 22.9 Å². The summed E-state index contributed by atoms with van der Waals surface area (Å²) in [5.74, 6) is -0.318. The lowest BCUT2D eigenvalue weighted by atomic mass is 10.2. The van der Waals surface area contributed by atoms with Crippen LogP contribution in [0.15, 0.2) is 52.6 Å². The Balaban J connectivity index is 1.57. The highest BCUT2D eigenvalue weighted by Crippen LogP contribution is 2.26. The van der Waals surface area contributed by atoms with Gasteiger partial charge in [-0.1, -0.05) is 23.7 Å². The number of amides is 1. The second kappa shape index (κ2) is 6.19. The predicted octanol–water partition coefficient (Wildman–Crippen LogP) is 3.89. The van der Waals surface area contributed by atoms with E-state index in [2.05, 4.69) is 20.3 Å². The van der Waals surface area contributed by atoms with Crippen molar-refractivity contribution in [3.63, 3.8) is 0 Å². The first kappa shape index (κ1) is 15.6. The fourth-order valence-electron chi connectivity index (χ4n) is 2.44. The van der Waals surface area contributed by atoms with Gasteiger partial charge in [-0.05, 0) is 30.3 Å². The van der Waals surface area contributed by atoms with Crippen molar-refractivity contribution >= 4 is 45.6 Å². The summed E-state index contributed by atoms with van der Waals surface area (Å²) >= 11 is 7.36. The molecule has 0 saturated carbocycles. The Morgan fingerprint density at radius 2 is 1.96 bits per heavy atom. The van der Waals surface area contributed by atoms with Crippen LogP contribution in [0.25, 0.3) is 21.6 Å². The molecule has 4 aromatic rings. The monoisotopic (exact) mass is 370 g/mol. The quantitative estimate of drug-likeness (QED) is 0.511. The van der Waals surface area contributed by atoms with E-state index >= 15 is 0 Å². The van der Waals surface area contributed by atoms with Gasteiger partial charge in [0.15, 0.2) is 0 Å². The molecule has 0 atom stereocenters. The van der Waals surface area contributed by atoms with Crippen molar-refractivity contribution in [1.82, 2.24) is 15.0 Å². The number of aromatic amines is 2. The van der Waals surface area contributed by atoms with Gasteiger partial charge in [0.25, 0.3) is 5.91 Å². The number of nitrogens with one attached hydrogen (secondary N) is 3. The number of halogens is 1. The summed E-state index contributed by atoms with van der Waals surface area (Å²) in [6.45, 7) is 0. The number of carbonyl (C=O) groups is 1. The number of H-pyrrole nitrogens is 2. The lowest BCUT2D eigenvalue weighted by molar-refractivity contribution is 0.102. The summed E-state index contributed by atoms with van der Waals surface area (Å²) in [4.78, 5) is 33.4. The van der Waals surface area contributed by atoms with Crippen LogP contribution in [0.1, 0.15) is 10.5 Å². The summed E-state index contributed by atoms with van der Waals surface area (Å²) in [7, 11) is 0. The summed E-state index contributed by atoms with van der Waals surface area (Å²) in [6, 6.07) is 12.4. The molecule has 124 valence electrons. The van der Waals surface area contributed by atoms with E-state index in [0.29, 0.717) is 27.4 Å². The molecule has 3 N–H and O–H groups in total. The first-order chi connectivity index (χ1) is 12.1. The Morgan fingerprint density at radius 3 is 2.80 bits per heavy atom. The Labute approximate surface area is 150 Å². The molecule has 1 amide bonds. The van der Waals surface area contributed by atoms with Crippen molar-refractivity contribution in [2.75, 3.05) is 5.32 Å². The number of nitrogens with zero attached hydrogens (tertiary/aromatic N) is 1. The molecule has 2 heterocycles. The molecule has 0 aliphatic heterocycles. The van der Waals surface area contributed by atoms with Crippen LogP contribution in [0.3, 0.4) is 0 Å². The van der Waals surface area contributed by atoms with E-state index < -0.39 is 0 Å². The third-order valence-corrected chi connectivity index (χ3v) is 4.71. The lowest BCUT2D eigenvalue weighted by Gasteiger charge is -2.03. The molecule has 2 aromatic heterocycles. The molecule has 0 spiro atoms. The SMILES string of the molecule is O=C(Nc1ccc2[nH]c(=O)[nH]c2c1)c1csc(-c2cccc(Cl)c2)n1. The fourth-order valence-corrected chi connectivity index (χ4v) is 3.42. The molecule has 8 heteroatoms. The molecule has 0 aliphatic carbocycles. The van der Waals surface area contributed by atoms with Gasteiger partial charge in [0.2, 0.25) is 0 Å². The summed E-state index contributed by atoms with van der Waals surface area (Å²) in [5, 5.41) is 5.81. The van der Waals surface area contributed by atoms with Crippen LogP contribution in [0, 0.1) is 0 Å². The number of rotatable bonds is 3. The Morgan fingerprint density at radius 1 is 1.12 bits per heavy atom. The third-order valence-electron chi connectivity index (χ3n) is 3.58. The molecule has 0 aliphatic rings. The van der Waals surface area contributed by atoms with E-state index in [4.69, 9.17) is 11.6 Å². The summed E-state index contributed by atoms with van der Waals surface area (Å²) in [5.41, 5.74) is 2.78. The van der Waals surface area contributed by atoms with Crippen LogP contribution in [0.5, 0.6) is 0 Å². The largest absolute Gasteiger partial charge is 0.323 e. The Bertz CT molecular complexity index is 1140. The van der Waals surface area contributed by atoms with Crippen molar-refractivity contribution in [3.05, 3.63) is 69.0 Å². The molecule has 4 rings (SSSR count). The number of benzene rings is 2. The van der Waals surface area contributed by atoms with E-state index in [1.54, 1.807) is 35.7 Å². The molecule has 0 fully saturated rings. The summed E-state index contributed by atoms with van der Waals surface area (Å²) in [6.07, 6.45) is 0. The zero-order valence-corrected chi connectivity index (χ0v) is 14.2. The first-order valence-electron chi connectivity index (χ1n) is 7.33. The highest BCUT2D eigenvalue weighted by atomic mass is 35.5. The van der Waals surface area contributed by atoms with Gasteiger partial charge in [-0.15, -0.1) is 11.3 Å². The Hall–Kier alpha value is -2.90. The minimum Gasteiger partial charge on any atom is -0.321 e. The van der Waals surface area contributed by atoms with E-state index in [9.17, 15) is 9.59 Å². The van der Waals surface area contributed by atoms with Crippen LogP contribution in [-0.4, -0.2) is 20.9 Å². The van der Waals surface area contributed by atoms with E-state index in [0.717, 1.165) is 10.6 Å². The molecule has 2 aromatic carbocycles. The maximum atomic E-state index is 12.4. The number of thiazole rings is 1. The maximum Gasteiger partial charge on any atom is 0.323 e. The van der Waals surface area contributed by atoms with Crippen molar-refractivity contribution in [3.8, 4) is 10.6 Å². The van der Waals surface area contributed by atoms with Crippen LogP contribution in [-0.2, 0) is 0 Å². The average molecular weight is 371 g/mol. The van der Waals surface area contributed by atoms with E-state index in [-0.39, 0.29) is 11.6 Å². The van der Waals surface area contributed by atoms with E-state index in [1.807, 2.05) is 12.1 Å². The number of anilines is 1. The number of imidazole rings is 1. The average Bonchev–Trinajstić information content (AvgIpc) is 3.20. The third kappa shape index (κ3) is 3.19. The van der Waals surface area contributed by atoms with Gasteiger partial charge in [0, 0.05) is 21.7 Å². The van der Waals surface area contributed by atoms with Crippen LogP contribution in [0.2, 0.25) is 5.02 Å². The van der Waals surface area contributed by atoms with Crippen molar-refractivity contribution < 1.29 is 4.79 Å². The number of fused-ring (bicyclic) bond motifs is 1. The highest BCUT2D eigenvalue weighted by molar-refractivity contribution is 7.13. The minimum absolute atomic E-state index is 0.288. The maximum absolute atomic E-state index is 12.4. The molecule has 0 unspecified atom stereocenters. The number of hydrogen-bond donors (Lipinski definition) is 3. The molecule has 0 saturated heterocycles. The number of carbonyl (C=O) groups excluding carboxylic acids is 1. The van der Waals surface area contributed by atoms with Gasteiger partial charge >= 0.3 is 5.69 Å². The number of hydrogen-bond acceptors (Lipinski definition) is 4. The van der Waals surface area contributed by atoms with Gasteiger partial charge < -0.3 is 15.3 Å². The molecular formula is C17H11ClN4O2S. The van der Waals surface area contributed by atoms with Crippen molar-refractivity contribution in [1.29, 1.82) is 0 Å². The minimum atomic E-state index is -0.318. The molecule has 0 radical (unpaired) electrons. The lowest BCUT2D eigenvalue weighted by Crippen LogP contribution is -2.12. The molecular weight excluding hydrogens is 360 g/mol. The second-order valence-corrected chi connectivity index (χ2v) is 6.64. The molecule has 0 bridgehead atoms. The van der Waals surface area contributed by atoms with Crippen LogP contribution in [0.4, 0.5) is 5.69 Å². The van der Waals surface area contributed by atoms with Gasteiger partial charge in [-0.25, -0.2) is 9.78 Å². The predicted molar refractivity (Wildman–Crippen MR) is 99.4 cm³/mol. The second-order valence-electron chi connectivity index (χ2n) is 5.34. The Kier molecular flexibility index (Phi) is 3.87.